The molecule has 0 unspecified atom stereocenters. The van der Waals surface area contributed by atoms with E-state index in [1.165, 1.54) is 70.0 Å². The zero-order valence-corrected chi connectivity index (χ0v) is 19.0. The van der Waals surface area contributed by atoms with E-state index >= 15 is 0 Å². The Kier molecular flexibility index (Phi) is 20.6. The highest BCUT2D eigenvalue weighted by Gasteiger charge is 2.00. The lowest BCUT2D eigenvalue weighted by Crippen LogP contribution is -1.97. The number of thioether (sulfide) groups is 5. The van der Waals surface area contributed by atoms with Crippen molar-refractivity contribution < 1.29 is 0 Å². The lowest BCUT2D eigenvalue weighted by molar-refractivity contribution is 1.12. The van der Waals surface area contributed by atoms with Crippen LogP contribution in [0.25, 0.3) is 0 Å². The molecular weight excluding hydrogens is 377 g/mol. The van der Waals surface area contributed by atoms with Crippen molar-refractivity contribution in [3.63, 3.8) is 0 Å². The van der Waals surface area contributed by atoms with Crippen LogP contribution >= 0.6 is 58.8 Å². The maximum atomic E-state index is 4.08. The largest absolute Gasteiger partial charge is 0.162 e. The van der Waals surface area contributed by atoms with E-state index in [1.54, 1.807) is 0 Å². The Labute approximate surface area is 166 Å². The molecule has 23 heavy (non-hydrogen) atoms. The van der Waals surface area contributed by atoms with Crippen molar-refractivity contribution in [3.8, 4) is 0 Å². The Morgan fingerprint density at radius 3 is 2.13 bits per heavy atom. The Morgan fingerprint density at radius 1 is 0.957 bits per heavy atom. The molecule has 1 saturated heterocycles. The van der Waals surface area contributed by atoms with Gasteiger partial charge in [-0.3, -0.25) is 0 Å². The van der Waals surface area contributed by atoms with Crippen LogP contribution < -0.4 is 0 Å². The molecule has 1 aliphatic heterocycles. The molecule has 0 radical (unpaired) electrons. The summed E-state index contributed by atoms with van der Waals surface area (Å²) in [6.07, 6.45) is 2.72. The fourth-order valence-electron chi connectivity index (χ4n) is 1.65. The molecule has 0 nitrogen and oxygen atoms in total. The molecule has 0 aromatic heterocycles. The van der Waals surface area contributed by atoms with Crippen LogP contribution in [0.4, 0.5) is 0 Å². The third-order valence-electron chi connectivity index (χ3n) is 2.79. The van der Waals surface area contributed by atoms with Gasteiger partial charge in [0.2, 0.25) is 0 Å². The molecule has 136 valence electrons. The molecule has 1 rings (SSSR count). The number of rotatable bonds is 10. The Balaban J connectivity index is 0.000000459. The summed E-state index contributed by atoms with van der Waals surface area (Å²) in [6, 6.07) is 0. The fourth-order valence-corrected chi connectivity index (χ4v) is 6.16. The van der Waals surface area contributed by atoms with E-state index in [9.17, 15) is 0 Å². The topological polar surface area (TPSA) is 0 Å². The first kappa shape index (κ1) is 24.2. The molecule has 0 bridgehead atoms. The maximum absolute atomic E-state index is 4.08. The summed E-state index contributed by atoms with van der Waals surface area (Å²) in [5, 5.41) is 0. The predicted octanol–water partition coefficient (Wildman–Crippen LogP) is 6.58. The molecule has 0 aromatic carbocycles. The van der Waals surface area contributed by atoms with Gasteiger partial charge in [0.1, 0.15) is 0 Å². The van der Waals surface area contributed by atoms with E-state index in [0.29, 0.717) is 0 Å². The van der Waals surface area contributed by atoms with Gasteiger partial charge in [-0.25, -0.2) is 0 Å². The summed E-state index contributed by atoms with van der Waals surface area (Å²) < 4.78 is 0. The van der Waals surface area contributed by atoms with Crippen molar-refractivity contribution in [3.05, 3.63) is 24.3 Å². The normalized spacial score (nSPS) is 15.3. The van der Waals surface area contributed by atoms with Crippen LogP contribution in [0.5, 0.6) is 0 Å². The van der Waals surface area contributed by atoms with Gasteiger partial charge in [0.25, 0.3) is 0 Å². The number of hydrogen-bond donors (Lipinski definition) is 0. The fraction of sp³-hybridized carbons (Fsp3) is 0.778. The molecule has 0 amide bonds. The zero-order chi connectivity index (χ0) is 17.2. The summed E-state index contributed by atoms with van der Waals surface area (Å²) in [5.41, 5.74) is 2.80. The summed E-state index contributed by atoms with van der Waals surface area (Å²) in [7, 11) is 0. The smallest absolute Gasteiger partial charge is 0.0148 e. The first-order valence-electron chi connectivity index (χ1n) is 8.42. The highest BCUT2D eigenvalue weighted by Crippen LogP contribution is 2.18. The summed E-state index contributed by atoms with van der Waals surface area (Å²) >= 11 is 10.1. The van der Waals surface area contributed by atoms with Crippen LogP contribution in [0.1, 0.15) is 26.7 Å². The summed E-state index contributed by atoms with van der Waals surface area (Å²) in [5.74, 6) is 12.4. The van der Waals surface area contributed by atoms with Gasteiger partial charge in [-0.1, -0.05) is 38.2 Å². The third-order valence-corrected chi connectivity index (χ3v) is 8.36. The van der Waals surface area contributed by atoms with Crippen LogP contribution in [-0.2, 0) is 0 Å². The Morgan fingerprint density at radius 2 is 1.52 bits per heavy atom. The van der Waals surface area contributed by atoms with Crippen molar-refractivity contribution in [2.24, 2.45) is 0 Å². The van der Waals surface area contributed by atoms with E-state index in [0.717, 1.165) is 11.5 Å². The first-order valence-corrected chi connectivity index (χ1v) is 14.2. The van der Waals surface area contributed by atoms with Crippen LogP contribution in [0, 0.1) is 0 Å². The minimum absolute atomic E-state index is 1.15. The lowest BCUT2D eigenvalue weighted by Gasteiger charge is -2.09. The van der Waals surface area contributed by atoms with Crippen molar-refractivity contribution in [2.45, 2.75) is 26.7 Å². The molecule has 1 fully saturated rings. The molecule has 0 N–H and O–H groups in total. The van der Waals surface area contributed by atoms with Gasteiger partial charge in [0, 0.05) is 23.0 Å². The van der Waals surface area contributed by atoms with Crippen LogP contribution in [0.3, 0.4) is 0 Å². The Bertz CT molecular complexity index is 281. The van der Waals surface area contributed by atoms with Crippen LogP contribution in [0.2, 0.25) is 0 Å². The van der Waals surface area contributed by atoms with E-state index < -0.39 is 0 Å². The monoisotopic (exact) mass is 410 g/mol. The van der Waals surface area contributed by atoms with Crippen molar-refractivity contribution in [2.75, 3.05) is 57.5 Å². The van der Waals surface area contributed by atoms with Gasteiger partial charge in [0.15, 0.2) is 0 Å². The highest BCUT2D eigenvalue weighted by atomic mass is 32.2. The van der Waals surface area contributed by atoms with E-state index in [-0.39, 0.29) is 0 Å². The standard InChI is InChI=1S/C11H22S3.C7H12S2/c1-4-12-7-6-8-14-10-11(3)9-13-5-2;1-7-5-8-3-2-4-9-6-7/h3-10H2,1-2H3;1-6H2. The highest BCUT2D eigenvalue weighted by molar-refractivity contribution is 8.01. The second-order valence-electron chi connectivity index (χ2n) is 5.20. The van der Waals surface area contributed by atoms with E-state index in [4.69, 9.17) is 0 Å². The average molecular weight is 411 g/mol. The van der Waals surface area contributed by atoms with Gasteiger partial charge in [0.05, 0.1) is 0 Å². The summed E-state index contributed by atoms with van der Waals surface area (Å²) in [4.78, 5) is 0. The molecule has 0 atom stereocenters. The van der Waals surface area contributed by atoms with E-state index in [2.05, 4.69) is 27.0 Å². The maximum Gasteiger partial charge on any atom is 0.0148 e. The average Bonchev–Trinajstić information content (AvgIpc) is 2.53. The number of hydrogen-bond acceptors (Lipinski definition) is 5. The molecule has 0 aliphatic carbocycles. The minimum Gasteiger partial charge on any atom is -0.162 e. The third kappa shape index (κ3) is 19.4. The molecule has 5 heteroatoms. The van der Waals surface area contributed by atoms with Crippen molar-refractivity contribution in [1.82, 2.24) is 0 Å². The quantitative estimate of drug-likeness (QED) is 0.293. The van der Waals surface area contributed by atoms with Crippen molar-refractivity contribution >= 4 is 58.8 Å². The van der Waals surface area contributed by atoms with Gasteiger partial charge in [-0.2, -0.15) is 58.8 Å². The van der Waals surface area contributed by atoms with E-state index in [1.807, 2.05) is 58.8 Å². The molecule has 1 heterocycles. The van der Waals surface area contributed by atoms with Gasteiger partial charge < -0.3 is 0 Å². The first-order chi connectivity index (χ1) is 11.2. The van der Waals surface area contributed by atoms with Crippen LogP contribution in [0.15, 0.2) is 24.3 Å². The second kappa shape index (κ2) is 19.6. The molecular formula is C18H34S5. The molecule has 0 aromatic rings. The predicted molar refractivity (Wildman–Crippen MR) is 125 cm³/mol. The lowest BCUT2D eigenvalue weighted by atomic mass is 10.4. The molecule has 0 saturated carbocycles. The zero-order valence-electron chi connectivity index (χ0n) is 14.9. The van der Waals surface area contributed by atoms with Gasteiger partial charge in [-0.05, 0) is 47.4 Å². The van der Waals surface area contributed by atoms with Gasteiger partial charge >= 0.3 is 0 Å². The van der Waals surface area contributed by atoms with Gasteiger partial charge in [-0.15, -0.1) is 0 Å². The Hall–Kier alpha value is 1.23. The minimum atomic E-state index is 1.15. The summed E-state index contributed by atoms with van der Waals surface area (Å²) in [6.45, 7) is 12.5. The van der Waals surface area contributed by atoms with Crippen molar-refractivity contribution in [1.29, 1.82) is 0 Å². The SMILES string of the molecule is C=C(CSCC)CSCCCSCC.C=C1CSCCCSC1. The second-order valence-corrected chi connectivity index (χ2v) is 11.2. The van der Waals surface area contributed by atoms with Crippen LogP contribution in [-0.4, -0.2) is 57.5 Å². The molecule has 1 aliphatic rings. The molecule has 0 spiro atoms.